The third kappa shape index (κ3) is 4.58. The number of benzene rings is 1. The van der Waals surface area contributed by atoms with Crippen molar-refractivity contribution >= 4 is 10.0 Å². The molecule has 1 unspecified atom stereocenters. The Labute approximate surface area is 113 Å². The highest BCUT2D eigenvalue weighted by atomic mass is 32.2. The fourth-order valence-electron chi connectivity index (χ4n) is 2.04. The average molecular weight is 285 g/mol. The summed E-state index contributed by atoms with van der Waals surface area (Å²) in [4.78, 5) is 0. The van der Waals surface area contributed by atoms with E-state index in [1.807, 2.05) is 0 Å². The SMILES string of the molecule is O=S(=O)(Cc1ccc(CO)cc1)NCC1CCCO1. The van der Waals surface area contributed by atoms with Crippen LogP contribution >= 0.6 is 0 Å². The van der Waals surface area contributed by atoms with Crippen molar-refractivity contribution in [3.05, 3.63) is 35.4 Å². The van der Waals surface area contributed by atoms with E-state index in [4.69, 9.17) is 9.84 Å². The molecule has 1 heterocycles. The van der Waals surface area contributed by atoms with Gasteiger partial charge in [-0.1, -0.05) is 24.3 Å². The number of nitrogens with one attached hydrogen (secondary N) is 1. The number of rotatable bonds is 6. The number of hydrogen-bond acceptors (Lipinski definition) is 4. The summed E-state index contributed by atoms with van der Waals surface area (Å²) in [5.41, 5.74) is 1.48. The molecule has 0 aliphatic carbocycles. The molecule has 2 rings (SSSR count). The van der Waals surface area contributed by atoms with Gasteiger partial charge >= 0.3 is 0 Å². The second-order valence-corrected chi connectivity index (χ2v) is 6.52. The highest BCUT2D eigenvalue weighted by Gasteiger charge is 2.19. The molecule has 19 heavy (non-hydrogen) atoms. The first-order chi connectivity index (χ1) is 9.09. The van der Waals surface area contributed by atoms with Crippen LogP contribution in [0.25, 0.3) is 0 Å². The van der Waals surface area contributed by atoms with Crippen LogP contribution in [-0.4, -0.2) is 32.8 Å². The number of sulfonamides is 1. The fraction of sp³-hybridized carbons (Fsp3) is 0.538. The Morgan fingerprint density at radius 3 is 2.53 bits per heavy atom. The Balaban J connectivity index is 1.88. The van der Waals surface area contributed by atoms with Gasteiger partial charge in [0.2, 0.25) is 10.0 Å². The minimum absolute atomic E-state index is 0.00606. The van der Waals surface area contributed by atoms with E-state index in [9.17, 15) is 8.42 Å². The summed E-state index contributed by atoms with van der Waals surface area (Å²) < 4.78 is 31.7. The Bertz CT molecular complexity index is 492. The van der Waals surface area contributed by atoms with Crippen LogP contribution in [0.1, 0.15) is 24.0 Å². The smallest absolute Gasteiger partial charge is 0.215 e. The van der Waals surface area contributed by atoms with Crippen molar-refractivity contribution in [2.45, 2.75) is 31.3 Å². The van der Waals surface area contributed by atoms with Crippen molar-refractivity contribution in [3.63, 3.8) is 0 Å². The third-order valence-electron chi connectivity index (χ3n) is 3.12. The molecule has 1 atom stereocenters. The third-order valence-corrected chi connectivity index (χ3v) is 4.44. The standard InChI is InChI=1S/C13H19NO4S/c15-9-11-3-5-12(6-4-11)10-19(16,17)14-8-13-2-1-7-18-13/h3-6,13-15H,1-2,7-10H2. The van der Waals surface area contributed by atoms with E-state index in [2.05, 4.69) is 4.72 Å². The van der Waals surface area contributed by atoms with Crippen molar-refractivity contribution in [2.24, 2.45) is 0 Å². The maximum Gasteiger partial charge on any atom is 0.215 e. The molecule has 6 heteroatoms. The van der Waals surface area contributed by atoms with Gasteiger partial charge < -0.3 is 9.84 Å². The Kier molecular flexibility index (Phi) is 4.93. The van der Waals surface area contributed by atoms with E-state index < -0.39 is 10.0 Å². The lowest BCUT2D eigenvalue weighted by molar-refractivity contribution is 0.114. The number of ether oxygens (including phenoxy) is 1. The van der Waals surface area contributed by atoms with Gasteiger partial charge in [-0.3, -0.25) is 0 Å². The van der Waals surface area contributed by atoms with Crippen molar-refractivity contribution in [2.75, 3.05) is 13.2 Å². The van der Waals surface area contributed by atoms with Gasteiger partial charge in [-0.2, -0.15) is 0 Å². The quantitative estimate of drug-likeness (QED) is 0.810. The van der Waals surface area contributed by atoms with Gasteiger partial charge in [0.15, 0.2) is 0 Å². The first kappa shape index (κ1) is 14.5. The van der Waals surface area contributed by atoms with Gasteiger partial charge in [0.1, 0.15) is 0 Å². The van der Waals surface area contributed by atoms with Crippen LogP contribution in [0.5, 0.6) is 0 Å². The fourth-order valence-corrected chi connectivity index (χ4v) is 3.21. The van der Waals surface area contributed by atoms with Crippen LogP contribution < -0.4 is 4.72 Å². The van der Waals surface area contributed by atoms with Gasteiger partial charge in [-0.25, -0.2) is 13.1 Å². The molecule has 0 radical (unpaired) electrons. The van der Waals surface area contributed by atoms with Crippen molar-refractivity contribution in [3.8, 4) is 0 Å². The van der Waals surface area contributed by atoms with Crippen LogP contribution in [0, 0.1) is 0 Å². The molecule has 2 N–H and O–H groups in total. The van der Waals surface area contributed by atoms with E-state index in [1.165, 1.54) is 0 Å². The predicted molar refractivity (Wildman–Crippen MR) is 72.0 cm³/mol. The molecule has 1 saturated heterocycles. The summed E-state index contributed by atoms with van der Waals surface area (Å²) in [6.45, 7) is 1.02. The zero-order valence-corrected chi connectivity index (χ0v) is 11.5. The van der Waals surface area contributed by atoms with E-state index >= 15 is 0 Å². The maximum atomic E-state index is 11.9. The second kappa shape index (κ2) is 6.47. The lowest BCUT2D eigenvalue weighted by Gasteiger charge is -2.11. The molecule has 1 aromatic carbocycles. The van der Waals surface area contributed by atoms with Gasteiger partial charge in [-0.05, 0) is 24.0 Å². The van der Waals surface area contributed by atoms with Crippen molar-refractivity contribution < 1.29 is 18.3 Å². The summed E-state index contributed by atoms with van der Waals surface area (Å²) >= 11 is 0. The summed E-state index contributed by atoms with van der Waals surface area (Å²) in [6, 6.07) is 6.89. The second-order valence-electron chi connectivity index (χ2n) is 4.72. The molecular formula is C13H19NO4S. The largest absolute Gasteiger partial charge is 0.392 e. The predicted octanol–water partition coefficient (Wildman–Crippen LogP) is 0.777. The first-order valence-corrected chi connectivity index (χ1v) is 8.02. The zero-order chi connectivity index (χ0) is 13.7. The molecule has 0 spiro atoms. The molecule has 1 fully saturated rings. The van der Waals surface area contributed by atoms with Crippen LogP contribution in [0.2, 0.25) is 0 Å². The normalized spacial score (nSPS) is 19.7. The molecule has 5 nitrogen and oxygen atoms in total. The van der Waals surface area contributed by atoms with E-state index in [0.717, 1.165) is 25.0 Å². The molecule has 0 aromatic heterocycles. The van der Waals surface area contributed by atoms with Crippen LogP contribution in [0.15, 0.2) is 24.3 Å². The van der Waals surface area contributed by atoms with Gasteiger partial charge in [0.25, 0.3) is 0 Å². The van der Waals surface area contributed by atoms with Gasteiger partial charge in [-0.15, -0.1) is 0 Å². The van der Waals surface area contributed by atoms with E-state index in [0.29, 0.717) is 12.1 Å². The van der Waals surface area contributed by atoms with E-state index in [-0.39, 0.29) is 18.5 Å². The van der Waals surface area contributed by atoms with Crippen LogP contribution in [0.3, 0.4) is 0 Å². The molecule has 1 aliphatic heterocycles. The molecule has 0 bridgehead atoms. The topological polar surface area (TPSA) is 75.6 Å². The minimum atomic E-state index is -3.33. The first-order valence-electron chi connectivity index (χ1n) is 6.37. The average Bonchev–Trinajstić information content (AvgIpc) is 2.90. The van der Waals surface area contributed by atoms with Crippen molar-refractivity contribution in [1.29, 1.82) is 0 Å². The number of hydrogen-bond donors (Lipinski definition) is 2. The summed E-state index contributed by atoms with van der Waals surface area (Å²) in [5, 5.41) is 8.92. The molecule has 106 valence electrons. The lowest BCUT2D eigenvalue weighted by Crippen LogP contribution is -2.32. The van der Waals surface area contributed by atoms with E-state index in [1.54, 1.807) is 24.3 Å². The highest BCUT2D eigenvalue weighted by molar-refractivity contribution is 7.88. The Hall–Kier alpha value is -0.950. The molecule has 1 aromatic rings. The highest BCUT2D eigenvalue weighted by Crippen LogP contribution is 2.12. The monoisotopic (exact) mass is 285 g/mol. The van der Waals surface area contributed by atoms with Gasteiger partial charge in [0.05, 0.1) is 18.5 Å². The Morgan fingerprint density at radius 1 is 1.26 bits per heavy atom. The number of aliphatic hydroxyl groups excluding tert-OH is 1. The molecule has 1 aliphatic rings. The zero-order valence-electron chi connectivity index (χ0n) is 10.7. The van der Waals surface area contributed by atoms with Crippen LogP contribution in [0.4, 0.5) is 0 Å². The molecular weight excluding hydrogens is 266 g/mol. The lowest BCUT2D eigenvalue weighted by atomic mass is 10.2. The summed E-state index contributed by atoms with van der Waals surface area (Å²) in [7, 11) is -3.33. The van der Waals surface area contributed by atoms with Crippen LogP contribution in [-0.2, 0) is 27.1 Å². The molecule has 0 amide bonds. The minimum Gasteiger partial charge on any atom is -0.392 e. The Morgan fingerprint density at radius 2 is 1.95 bits per heavy atom. The van der Waals surface area contributed by atoms with Gasteiger partial charge in [0, 0.05) is 13.2 Å². The number of aliphatic hydroxyl groups is 1. The summed E-state index contributed by atoms with van der Waals surface area (Å²) in [6.07, 6.45) is 1.91. The maximum absolute atomic E-state index is 11.9. The molecule has 0 saturated carbocycles. The summed E-state index contributed by atoms with van der Waals surface area (Å²) in [5.74, 6) is -0.0502. The van der Waals surface area contributed by atoms with Crippen molar-refractivity contribution in [1.82, 2.24) is 4.72 Å².